The van der Waals surface area contributed by atoms with Crippen LogP contribution in [0.5, 0.6) is 5.75 Å². The molecular weight excluding hydrogens is 298 g/mol. The van der Waals surface area contributed by atoms with Crippen LogP contribution in [0.15, 0.2) is 12.1 Å². The minimum atomic E-state index is -0.209. The van der Waals surface area contributed by atoms with Gasteiger partial charge < -0.3 is 10.0 Å². The SMILES string of the molecule is CCN(CC)CCC(=O)c1cc(C(C)(C)C)c(O)c(C(C)(C)C)c1. The van der Waals surface area contributed by atoms with E-state index in [-0.39, 0.29) is 16.6 Å². The van der Waals surface area contributed by atoms with E-state index in [1.54, 1.807) is 0 Å². The van der Waals surface area contributed by atoms with Crippen LogP contribution in [-0.4, -0.2) is 35.4 Å². The normalized spacial score (nSPS) is 12.7. The number of ketones is 1. The first-order valence-electron chi connectivity index (χ1n) is 9.05. The van der Waals surface area contributed by atoms with Gasteiger partial charge in [0.05, 0.1) is 0 Å². The average Bonchev–Trinajstić information content (AvgIpc) is 2.45. The molecule has 1 N–H and O–H groups in total. The second-order valence-corrected chi connectivity index (χ2v) is 8.62. The van der Waals surface area contributed by atoms with Gasteiger partial charge in [0, 0.05) is 29.7 Å². The predicted octanol–water partition coefficient (Wildman–Crippen LogP) is 4.90. The molecule has 3 heteroatoms. The van der Waals surface area contributed by atoms with Crippen molar-refractivity contribution in [1.82, 2.24) is 4.90 Å². The van der Waals surface area contributed by atoms with E-state index in [0.717, 1.165) is 36.3 Å². The van der Waals surface area contributed by atoms with Gasteiger partial charge >= 0.3 is 0 Å². The van der Waals surface area contributed by atoms with Gasteiger partial charge in [0.25, 0.3) is 0 Å². The third kappa shape index (κ3) is 5.07. The van der Waals surface area contributed by atoms with Gasteiger partial charge in [0.15, 0.2) is 5.78 Å². The van der Waals surface area contributed by atoms with Gasteiger partial charge in [-0.05, 0) is 36.1 Å². The third-order valence-electron chi connectivity index (χ3n) is 4.60. The zero-order valence-corrected chi connectivity index (χ0v) is 16.8. The number of hydrogen-bond donors (Lipinski definition) is 1. The van der Waals surface area contributed by atoms with Crippen LogP contribution in [0.3, 0.4) is 0 Å². The molecule has 0 bridgehead atoms. The van der Waals surface area contributed by atoms with Crippen LogP contribution in [-0.2, 0) is 10.8 Å². The Kier molecular flexibility index (Phi) is 6.63. The van der Waals surface area contributed by atoms with Crippen LogP contribution >= 0.6 is 0 Å². The molecule has 24 heavy (non-hydrogen) atoms. The Morgan fingerprint density at radius 2 is 1.38 bits per heavy atom. The third-order valence-corrected chi connectivity index (χ3v) is 4.60. The first kappa shape index (κ1) is 20.7. The second-order valence-electron chi connectivity index (χ2n) is 8.62. The lowest BCUT2D eigenvalue weighted by atomic mass is 9.78. The molecule has 1 aromatic carbocycles. The number of phenols is 1. The molecule has 0 amide bonds. The van der Waals surface area contributed by atoms with Crippen LogP contribution in [0.25, 0.3) is 0 Å². The minimum Gasteiger partial charge on any atom is -0.507 e. The molecule has 0 aliphatic heterocycles. The van der Waals surface area contributed by atoms with E-state index < -0.39 is 0 Å². The maximum absolute atomic E-state index is 12.7. The fraction of sp³-hybridized carbons (Fsp3) is 0.667. The van der Waals surface area contributed by atoms with Crippen LogP contribution in [0.1, 0.15) is 83.3 Å². The monoisotopic (exact) mass is 333 g/mol. The summed E-state index contributed by atoms with van der Waals surface area (Å²) in [4.78, 5) is 15.0. The Bertz CT molecular complexity index is 537. The molecule has 0 atom stereocenters. The zero-order chi connectivity index (χ0) is 18.7. The molecule has 1 rings (SSSR count). The summed E-state index contributed by atoms with van der Waals surface area (Å²) in [5.74, 6) is 0.480. The van der Waals surface area contributed by atoms with Gasteiger partial charge in [-0.25, -0.2) is 0 Å². The number of carbonyl (C=O) groups is 1. The van der Waals surface area contributed by atoms with Gasteiger partial charge in [-0.2, -0.15) is 0 Å². The molecule has 0 heterocycles. The van der Waals surface area contributed by atoms with Crippen LogP contribution in [0.2, 0.25) is 0 Å². The highest BCUT2D eigenvalue weighted by atomic mass is 16.3. The standard InChI is InChI=1S/C21H35NO2/c1-9-22(10-2)12-11-18(23)15-13-16(20(3,4)5)19(24)17(14-15)21(6,7)8/h13-14,24H,9-12H2,1-8H3. The van der Waals surface area contributed by atoms with Crippen molar-refractivity contribution in [2.24, 2.45) is 0 Å². The summed E-state index contributed by atoms with van der Waals surface area (Å²) in [6, 6.07) is 3.77. The number of carbonyl (C=O) groups excluding carboxylic acids is 1. The second kappa shape index (κ2) is 7.69. The molecule has 0 aromatic heterocycles. The van der Waals surface area contributed by atoms with E-state index in [9.17, 15) is 9.90 Å². The Balaban J connectivity index is 3.26. The number of nitrogens with zero attached hydrogens (tertiary/aromatic N) is 1. The predicted molar refractivity (Wildman–Crippen MR) is 102 cm³/mol. The van der Waals surface area contributed by atoms with Gasteiger partial charge in [0.1, 0.15) is 5.75 Å². The van der Waals surface area contributed by atoms with Crippen molar-refractivity contribution < 1.29 is 9.90 Å². The van der Waals surface area contributed by atoms with E-state index in [0.29, 0.717) is 12.2 Å². The summed E-state index contributed by atoms with van der Waals surface area (Å²) in [5, 5.41) is 10.7. The molecule has 0 fully saturated rings. The van der Waals surface area contributed by atoms with E-state index in [2.05, 4.69) is 60.3 Å². The van der Waals surface area contributed by atoms with E-state index in [4.69, 9.17) is 0 Å². The molecular formula is C21H35NO2. The summed E-state index contributed by atoms with van der Waals surface area (Å²) in [7, 11) is 0. The zero-order valence-electron chi connectivity index (χ0n) is 16.8. The van der Waals surface area contributed by atoms with Crippen molar-refractivity contribution in [1.29, 1.82) is 0 Å². The molecule has 0 unspecified atom stereocenters. The number of aromatic hydroxyl groups is 1. The van der Waals surface area contributed by atoms with Gasteiger partial charge in [0.2, 0.25) is 0 Å². The number of Topliss-reactive ketones (excluding diaryl/α,β-unsaturated/α-hetero) is 1. The quantitative estimate of drug-likeness (QED) is 0.753. The number of benzene rings is 1. The van der Waals surface area contributed by atoms with Crippen LogP contribution in [0, 0.1) is 0 Å². The smallest absolute Gasteiger partial charge is 0.164 e. The van der Waals surface area contributed by atoms with Crippen molar-refractivity contribution in [2.45, 2.75) is 72.6 Å². The average molecular weight is 334 g/mol. The fourth-order valence-corrected chi connectivity index (χ4v) is 2.88. The van der Waals surface area contributed by atoms with Crippen molar-refractivity contribution in [2.75, 3.05) is 19.6 Å². The maximum Gasteiger partial charge on any atom is 0.164 e. The molecule has 0 aliphatic rings. The molecule has 0 aliphatic carbocycles. The number of phenolic OH excluding ortho intramolecular Hbond substituents is 1. The highest BCUT2D eigenvalue weighted by molar-refractivity contribution is 5.97. The van der Waals surface area contributed by atoms with Crippen molar-refractivity contribution in [3.63, 3.8) is 0 Å². The van der Waals surface area contributed by atoms with E-state index >= 15 is 0 Å². The first-order valence-corrected chi connectivity index (χ1v) is 9.05. The summed E-state index contributed by atoms with van der Waals surface area (Å²) < 4.78 is 0. The van der Waals surface area contributed by atoms with Crippen molar-refractivity contribution in [3.8, 4) is 5.75 Å². The highest BCUT2D eigenvalue weighted by Crippen LogP contribution is 2.39. The molecule has 1 aromatic rings. The molecule has 0 saturated heterocycles. The lowest BCUT2D eigenvalue weighted by Gasteiger charge is -2.28. The molecule has 0 spiro atoms. The molecule has 136 valence electrons. The van der Waals surface area contributed by atoms with Crippen molar-refractivity contribution >= 4 is 5.78 Å². The Morgan fingerprint density at radius 3 is 1.71 bits per heavy atom. The largest absolute Gasteiger partial charge is 0.507 e. The Hall–Kier alpha value is -1.35. The molecule has 3 nitrogen and oxygen atoms in total. The number of rotatable bonds is 6. The lowest BCUT2D eigenvalue weighted by molar-refractivity contribution is 0.0966. The summed E-state index contributed by atoms with van der Waals surface area (Å²) in [6.45, 7) is 19.3. The summed E-state index contributed by atoms with van der Waals surface area (Å²) in [6.07, 6.45) is 0.514. The van der Waals surface area contributed by atoms with E-state index in [1.165, 1.54) is 0 Å². The molecule has 0 radical (unpaired) electrons. The molecule has 0 saturated carbocycles. The summed E-state index contributed by atoms with van der Waals surface area (Å²) in [5.41, 5.74) is 2.00. The first-order chi connectivity index (χ1) is 10.9. The van der Waals surface area contributed by atoms with Gasteiger partial charge in [-0.15, -0.1) is 0 Å². The lowest BCUT2D eigenvalue weighted by Crippen LogP contribution is -2.26. The van der Waals surface area contributed by atoms with E-state index in [1.807, 2.05) is 12.1 Å². The van der Waals surface area contributed by atoms with Crippen LogP contribution in [0.4, 0.5) is 0 Å². The van der Waals surface area contributed by atoms with Crippen molar-refractivity contribution in [3.05, 3.63) is 28.8 Å². The minimum absolute atomic E-state index is 0.151. The van der Waals surface area contributed by atoms with Gasteiger partial charge in [-0.1, -0.05) is 55.4 Å². The topological polar surface area (TPSA) is 40.5 Å². The van der Waals surface area contributed by atoms with Crippen LogP contribution < -0.4 is 0 Å². The Morgan fingerprint density at radius 1 is 0.958 bits per heavy atom. The highest BCUT2D eigenvalue weighted by Gasteiger charge is 2.27. The Labute approximate surface area is 148 Å². The number of hydrogen-bond acceptors (Lipinski definition) is 3. The summed E-state index contributed by atoms with van der Waals surface area (Å²) >= 11 is 0. The van der Waals surface area contributed by atoms with Gasteiger partial charge in [-0.3, -0.25) is 4.79 Å². The maximum atomic E-state index is 12.7. The fourth-order valence-electron chi connectivity index (χ4n) is 2.88.